The SMILES string of the molecule is CC1=C(CCCO)C(=O)N(c2ccc(C#N)c(C(F)(F)F)c2)C1=O. The number of amides is 2. The number of hydrogen-bond donors (Lipinski definition) is 1. The van der Waals surface area contributed by atoms with Crippen LogP contribution in [0.4, 0.5) is 18.9 Å². The zero-order valence-electron chi connectivity index (χ0n) is 12.6. The molecule has 0 aliphatic carbocycles. The number of alkyl halides is 3. The van der Waals surface area contributed by atoms with E-state index in [1.807, 2.05) is 0 Å². The van der Waals surface area contributed by atoms with Gasteiger partial charge in [0.15, 0.2) is 0 Å². The molecule has 0 aromatic heterocycles. The van der Waals surface area contributed by atoms with Gasteiger partial charge in [-0.3, -0.25) is 9.59 Å². The number of nitriles is 1. The number of carbonyl (C=O) groups excluding carboxylic acids is 2. The smallest absolute Gasteiger partial charge is 0.396 e. The van der Waals surface area contributed by atoms with Crippen molar-refractivity contribution in [2.75, 3.05) is 11.5 Å². The largest absolute Gasteiger partial charge is 0.417 e. The average molecular weight is 338 g/mol. The molecule has 5 nitrogen and oxygen atoms in total. The van der Waals surface area contributed by atoms with Gasteiger partial charge in [-0.1, -0.05) is 0 Å². The molecule has 1 heterocycles. The third-order valence-electron chi connectivity index (χ3n) is 3.71. The van der Waals surface area contributed by atoms with Crippen molar-refractivity contribution in [3.05, 3.63) is 40.5 Å². The first-order chi connectivity index (χ1) is 11.2. The molecule has 2 amide bonds. The first kappa shape index (κ1) is 17.7. The van der Waals surface area contributed by atoms with Gasteiger partial charge in [0.05, 0.1) is 22.9 Å². The lowest BCUT2D eigenvalue weighted by Gasteiger charge is -2.18. The van der Waals surface area contributed by atoms with Crippen molar-refractivity contribution >= 4 is 17.5 Å². The minimum atomic E-state index is -4.78. The Morgan fingerprint density at radius 1 is 1.25 bits per heavy atom. The quantitative estimate of drug-likeness (QED) is 0.856. The van der Waals surface area contributed by atoms with Crippen molar-refractivity contribution in [3.63, 3.8) is 0 Å². The van der Waals surface area contributed by atoms with Crippen LogP contribution in [0.2, 0.25) is 0 Å². The van der Waals surface area contributed by atoms with Gasteiger partial charge in [0.2, 0.25) is 0 Å². The summed E-state index contributed by atoms with van der Waals surface area (Å²) in [5, 5.41) is 17.6. The molecule has 1 aliphatic heterocycles. The number of aliphatic hydroxyl groups excluding tert-OH is 1. The summed E-state index contributed by atoms with van der Waals surface area (Å²) in [5.74, 6) is -1.41. The summed E-state index contributed by atoms with van der Waals surface area (Å²) in [6.07, 6.45) is -4.36. The molecule has 8 heteroatoms. The van der Waals surface area contributed by atoms with Crippen LogP contribution in [-0.2, 0) is 15.8 Å². The van der Waals surface area contributed by atoms with E-state index in [0.717, 1.165) is 12.1 Å². The Morgan fingerprint density at radius 2 is 1.92 bits per heavy atom. The third-order valence-corrected chi connectivity index (χ3v) is 3.71. The number of halogens is 3. The van der Waals surface area contributed by atoms with Crippen molar-refractivity contribution in [3.8, 4) is 6.07 Å². The molecule has 0 bridgehead atoms. The summed E-state index contributed by atoms with van der Waals surface area (Å²) in [6, 6.07) is 4.12. The molecule has 1 N–H and O–H groups in total. The number of aliphatic hydroxyl groups is 1. The van der Waals surface area contributed by atoms with Gasteiger partial charge in [-0.2, -0.15) is 18.4 Å². The summed E-state index contributed by atoms with van der Waals surface area (Å²) in [6.45, 7) is 1.24. The number of nitrogens with zero attached hydrogens (tertiary/aromatic N) is 2. The fraction of sp³-hybridized carbons (Fsp3) is 0.312. The summed E-state index contributed by atoms with van der Waals surface area (Å²) in [5.41, 5.74) is -1.71. The molecule has 0 unspecified atom stereocenters. The second-order valence-electron chi connectivity index (χ2n) is 5.22. The van der Waals surface area contributed by atoms with E-state index >= 15 is 0 Å². The topological polar surface area (TPSA) is 81.4 Å². The minimum absolute atomic E-state index is 0.145. The van der Waals surface area contributed by atoms with E-state index in [4.69, 9.17) is 10.4 Å². The molecule has 2 rings (SSSR count). The Kier molecular flexibility index (Phi) is 4.76. The summed E-state index contributed by atoms with van der Waals surface area (Å²) in [4.78, 5) is 25.3. The lowest BCUT2D eigenvalue weighted by Crippen LogP contribution is -2.31. The second kappa shape index (κ2) is 6.45. The van der Waals surface area contributed by atoms with E-state index in [1.54, 1.807) is 0 Å². The van der Waals surface area contributed by atoms with Crippen LogP contribution in [0.15, 0.2) is 29.3 Å². The summed E-state index contributed by atoms with van der Waals surface area (Å²) < 4.78 is 39.1. The van der Waals surface area contributed by atoms with E-state index in [0.29, 0.717) is 11.0 Å². The third kappa shape index (κ3) is 3.03. The molecule has 0 saturated carbocycles. The van der Waals surface area contributed by atoms with Crippen LogP contribution in [0.3, 0.4) is 0 Å². The van der Waals surface area contributed by atoms with Crippen LogP contribution in [-0.4, -0.2) is 23.5 Å². The predicted octanol–water partition coefficient (Wildman–Crippen LogP) is 2.54. The highest BCUT2D eigenvalue weighted by Crippen LogP contribution is 2.36. The number of imide groups is 1. The van der Waals surface area contributed by atoms with Crippen LogP contribution in [0.25, 0.3) is 0 Å². The molecule has 0 atom stereocenters. The minimum Gasteiger partial charge on any atom is -0.396 e. The zero-order chi connectivity index (χ0) is 18.1. The van der Waals surface area contributed by atoms with Crippen LogP contribution in [0.5, 0.6) is 0 Å². The van der Waals surface area contributed by atoms with E-state index < -0.39 is 29.1 Å². The monoisotopic (exact) mass is 338 g/mol. The first-order valence-electron chi connectivity index (χ1n) is 7.03. The van der Waals surface area contributed by atoms with Crippen LogP contribution in [0, 0.1) is 11.3 Å². The van der Waals surface area contributed by atoms with Crippen molar-refractivity contribution in [1.29, 1.82) is 5.26 Å². The van der Waals surface area contributed by atoms with Gasteiger partial charge in [-0.25, -0.2) is 4.90 Å². The fourth-order valence-corrected chi connectivity index (χ4v) is 2.47. The van der Waals surface area contributed by atoms with Crippen molar-refractivity contribution in [2.45, 2.75) is 25.9 Å². The second-order valence-corrected chi connectivity index (χ2v) is 5.22. The highest BCUT2D eigenvalue weighted by molar-refractivity contribution is 6.32. The average Bonchev–Trinajstić information content (AvgIpc) is 2.74. The van der Waals surface area contributed by atoms with E-state index in [9.17, 15) is 22.8 Å². The van der Waals surface area contributed by atoms with Crippen molar-refractivity contribution in [2.24, 2.45) is 0 Å². The molecule has 0 radical (unpaired) electrons. The Morgan fingerprint density at radius 3 is 2.46 bits per heavy atom. The Bertz CT molecular complexity index is 776. The maximum Gasteiger partial charge on any atom is 0.417 e. The number of carbonyl (C=O) groups is 2. The highest BCUT2D eigenvalue weighted by atomic mass is 19.4. The molecule has 0 fully saturated rings. The van der Waals surface area contributed by atoms with E-state index in [2.05, 4.69) is 0 Å². The van der Waals surface area contributed by atoms with Gasteiger partial charge in [-0.05, 0) is 38.0 Å². The fourth-order valence-electron chi connectivity index (χ4n) is 2.47. The molecule has 24 heavy (non-hydrogen) atoms. The van der Waals surface area contributed by atoms with Gasteiger partial charge in [0, 0.05) is 17.8 Å². The standard InChI is InChI=1S/C16H13F3N2O3/c1-9-12(3-2-6-22)15(24)21(14(9)23)11-5-4-10(8-20)13(7-11)16(17,18)19/h4-5,7,22H,2-3,6H2,1H3. The van der Waals surface area contributed by atoms with Gasteiger partial charge in [0.1, 0.15) is 0 Å². The maximum atomic E-state index is 13.0. The van der Waals surface area contributed by atoms with Gasteiger partial charge >= 0.3 is 6.18 Å². The Hall–Kier alpha value is -2.66. The molecule has 1 aliphatic rings. The molecule has 1 aromatic carbocycles. The van der Waals surface area contributed by atoms with Crippen LogP contribution in [0.1, 0.15) is 30.9 Å². The lowest BCUT2D eigenvalue weighted by molar-refractivity contribution is -0.138. The summed E-state index contributed by atoms with van der Waals surface area (Å²) in [7, 11) is 0. The predicted molar refractivity (Wildman–Crippen MR) is 77.7 cm³/mol. The zero-order valence-corrected chi connectivity index (χ0v) is 12.6. The molecule has 1 aromatic rings. The van der Waals surface area contributed by atoms with Crippen LogP contribution < -0.4 is 4.90 Å². The van der Waals surface area contributed by atoms with E-state index in [-0.39, 0.29) is 36.3 Å². The van der Waals surface area contributed by atoms with Gasteiger partial charge in [-0.15, -0.1) is 0 Å². The molecule has 0 saturated heterocycles. The molecular formula is C16H13F3N2O3. The van der Waals surface area contributed by atoms with E-state index in [1.165, 1.54) is 13.0 Å². The van der Waals surface area contributed by atoms with Crippen molar-refractivity contribution < 1.29 is 27.9 Å². The van der Waals surface area contributed by atoms with Gasteiger partial charge < -0.3 is 5.11 Å². The summed E-state index contributed by atoms with van der Waals surface area (Å²) >= 11 is 0. The lowest BCUT2D eigenvalue weighted by atomic mass is 10.1. The maximum absolute atomic E-state index is 13.0. The number of rotatable bonds is 4. The van der Waals surface area contributed by atoms with Crippen LogP contribution >= 0.6 is 0 Å². The number of anilines is 1. The Balaban J connectivity index is 2.46. The molecule has 0 spiro atoms. The van der Waals surface area contributed by atoms with Gasteiger partial charge in [0.25, 0.3) is 11.8 Å². The normalized spacial score (nSPS) is 15.2. The highest BCUT2D eigenvalue weighted by Gasteiger charge is 2.39. The Labute approximate surface area is 135 Å². The van der Waals surface area contributed by atoms with Crippen molar-refractivity contribution in [1.82, 2.24) is 0 Å². The number of hydrogen-bond acceptors (Lipinski definition) is 4. The molecule has 126 valence electrons. The molecular weight excluding hydrogens is 325 g/mol. The first-order valence-corrected chi connectivity index (χ1v) is 7.03. The number of benzene rings is 1.